The first-order valence-electron chi connectivity index (χ1n) is 13.4. The standard InChI is InChI=1S/C29H24N8O7/c30-21-22(24(39)23(21)38)31-11-13-2-1-3-14(8-13)12-32-25(40)19-10-20(37-28(34-19)35-29(44)36-37)26(41)33-18-7-5-15-9-16(27(42)43)4-6-17(15)18/h1-4,6,8-10,18,31H,5,7,11-12,30H2,(H,32,40)(H,33,41)(H,36,44)(H,42,43)/t18-/m0/s1. The van der Waals surface area contributed by atoms with E-state index >= 15 is 0 Å². The number of aromatic amines is 1. The first-order chi connectivity index (χ1) is 21.1. The summed E-state index contributed by atoms with van der Waals surface area (Å²) in [4.78, 5) is 80.6. The Balaban J connectivity index is 1.17. The van der Waals surface area contributed by atoms with Crippen LogP contribution in [-0.2, 0) is 19.5 Å². The Hall–Kier alpha value is -6.12. The summed E-state index contributed by atoms with van der Waals surface area (Å²) in [6.07, 6.45) is 1.11. The van der Waals surface area contributed by atoms with Crippen LogP contribution < -0.4 is 38.2 Å². The van der Waals surface area contributed by atoms with Crippen molar-refractivity contribution >= 4 is 34.9 Å². The fourth-order valence-corrected chi connectivity index (χ4v) is 5.20. The lowest BCUT2D eigenvalue weighted by molar-refractivity contribution is 0.0696. The Morgan fingerprint density at radius 2 is 1.75 bits per heavy atom. The summed E-state index contributed by atoms with van der Waals surface area (Å²) in [7, 11) is 0. The van der Waals surface area contributed by atoms with Crippen LogP contribution >= 0.6 is 0 Å². The van der Waals surface area contributed by atoms with E-state index in [2.05, 4.69) is 31.0 Å². The number of carboxylic acid groups (broad SMARTS) is 1. The van der Waals surface area contributed by atoms with Crippen LogP contribution in [0.4, 0.5) is 11.4 Å². The fourth-order valence-electron chi connectivity index (χ4n) is 5.20. The number of aromatic nitrogens is 4. The van der Waals surface area contributed by atoms with Gasteiger partial charge in [0.2, 0.25) is 0 Å². The number of anilines is 2. The van der Waals surface area contributed by atoms with Crippen molar-refractivity contribution in [1.29, 1.82) is 0 Å². The second-order valence-corrected chi connectivity index (χ2v) is 10.3. The molecule has 0 unspecified atom stereocenters. The number of rotatable bonds is 9. The van der Waals surface area contributed by atoms with Gasteiger partial charge in [-0.05, 0) is 47.2 Å². The summed E-state index contributed by atoms with van der Waals surface area (Å²) in [5.74, 6) is -2.42. The molecule has 222 valence electrons. The van der Waals surface area contributed by atoms with Gasteiger partial charge in [-0.3, -0.25) is 19.2 Å². The monoisotopic (exact) mass is 596 g/mol. The second kappa shape index (κ2) is 10.9. The molecule has 15 nitrogen and oxygen atoms in total. The zero-order chi connectivity index (χ0) is 31.1. The van der Waals surface area contributed by atoms with Crippen molar-refractivity contribution in [1.82, 2.24) is 30.2 Å². The highest BCUT2D eigenvalue weighted by Gasteiger charge is 2.27. The van der Waals surface area contributed by atoms with E-state index in [1.54, 1.807) is 36.4 Å². The van der Waals surface area contributed by atoms with Crippen molar-refractivity contribution in [3.05, 3.63) is 119 Å². The molecule has 0 bridgehead atoms. The number of aromatic carboxylic acids is 1. The highest BCUT2D eigenvalue weighted by Crippen LogP contribution is 2.32. The minimum absolute atomic E-state index is 0.0731. The maximum absolute atomic E-state index is 13.4. The number of benzene rings is 2. The average Bonchev–Trinajstić information content (AvgIpc) is 3.60. The van der Waals surface area contributed by atoms with Gasteiger partial charge in [-0.2, -0.15) is 4.98 Å². The summed E-state index contributed by atoms with van der Waals surface area (Å²) in [5, 5.41) is 20.1. The number of carboxylic acids is 1. The molecule has 7 N–H and O–H groups in total. The molecule has 1 aliphatic carbocycles. The molecule has 0 spiro atoms. The molecule has 2 aromatic heterocycles. The first kappa shape index (κ1) is 28.0. The van der Waals surface area contributed by atoms with Gasteiger partial charge in [0.25, 0.3) is 28.4 Å². The third-order valence-corrected chi connectivity index (χ3v) is 7.44. The number of H-pyrrole nitrogens is 1. The molecule has 2 amide bonds. The van der Waals surface area contributed by atoms with Gasteiger partial charge in [0.1, 0.15) is 22.8 Å². The van der Waals surface area contributed by atoms with Crippen LogP contribution in [0.5, 0.6) is 0 Å². The van der Waals surface area contributed by atoms with Gasteiger partial charge in [0.15, 0.2) is 0 Å². The Morgan fingerprint density at radius 3 is 2.50 bits per heavy atom. The molecular formula is C29H24N8O7. The molecule has 0 fully saturated rings. The lowest BCUT2D eigenvalue weighted by atomic mass is 10.0. The van der Waals surface area contributed by atoms with E-state index in [4.69, 9.17) is 5.73 Å². The average molecular weight is 597 g/mol. The maximum Gasteiger partial charge on any atom is 0.363 e. The Bertz CT molecular complexity index is 2120. The SMILES string of the molecule is Nc1c(NCc2cccc(CNC(=O)c3cc(C(=O)N[C@H]4CCc5cc(C(=O)O)ccc54)n4[nH]c(=O)nc4n3)c2)c(=O)c1=O. The van der Waals surface area contributed by atoms with Gasteiger partial charge in [0.05, 0.1) is 11.6 Å². The largest absolute Gasteiger partial charge is 0.478 e. The number of fused-ring (bicyclic) bond motifs is 2. The number of nitrogens with zero attached hydrogens (tertiary/aromatic N) is 3. The van der Waals surface area contributed by atoms with Gasteiger partial charge in [-0.1, -0.05) is 30.3 Å². The molecule has 1 atom stereocenters. The molecule has 0 aliphatic heterocycles. The Morgan fingerprint density at radius 1 is 0.977 bits per heavy atom. The number of hydrogen-bond acceptors (Lipinski definition) is 10. The zero-order valence-corrected chi connectivity index (χ0v) is 22.8. The predicted octanol–water partition coefficient (Wildman–Crippen LogP) is 0.253. The predicted molar refractivity (Wildman–Crippen MR) is 156 cm³/mol. The highest BCUT2D eigenvalue weighted by atomic mass is 16.4. The van der Waals surface area contributed by atoms with E-state index in [9.17, 15) is 33.9 Å². The number of carbonyl (C=O) groups is 3. The lowest BCUT2D eigenvalue weighted by Gasteiger charge is -2.15. The van der Waals surface area contributed by atoms with Crippen LogP contribution in [-0.4, -0.2) is 42.5 Å². The quantitative estimate of drug-likeness (QED) is 0.126. The fraction of sp³-hybridized carbons (Fsp3) is 0.172. The molecule has 1 aliphatic rings. The van der Waals surface area contributed by atoms with Crippen molar-refractivity contribution in [2.75, 3.05) is 11.1 Å². The van der Waals surface area contributed by atoms with Crippen molar-refractivity contribution in [3.8, 4) is 0 Å². The third kappa shape index (κ3) is 5.17. The molecular weight excluding hydrogens is 572 g/mol. The molecule has 0 radical (unpaired) electrons. The number of hydrogen-bond donors (Lipinski definition) is 6. The van der Waals surface area contributed by atoms with Crippen molar-refractivity contribution in [2.45, 2.75) is 32.0 Å². The van der Waals surface area contributed by atoms with E-state index < -0.39 is 40.4 Å². The van der Waals surface area contributed by atoms with Gasteiger partial charge < -0.3 is 26.8 Å². The van der Waals surface area contributed by atoms with Crippen LogP contribution in [0.3, 0.4) is 0 Å². The number of nitrogens with one attached hydrogen (secondary N) is 4. The van der Waals surface area contributed by atoms with Gasteiger partial charge >= 0.3 is 11.7 Å². The normalized spacial score (nSPS) is 14.0. The summed E-state index contributed by atoms with van der Waals surface area (Å²) in [6.45, 7) is 0.321. The van der Waals surface area contributed by atoms with Crippen LogP contribution in [0.25, 0.3) is 5.78 Å². The lowest BCUT2D eigenvalue weighted by Crippen LogP contribution is -2.36. The summed E-state index contributed by atoms with van der Waals surface area (Å²) in [5.41, 5.74) is 6.44. The second-order valence-electron chi connectivity index (χ2n) is 10.3. The summed E-state index contributed by atoms with van der Waals surface area (Å²) in [6, 6.07) is 12.7. The van der Waals surface area contributed by atoms with Gasteiger partial charge in [-0.15, -0.1) is 0 Å². The van der Waals surface area contributed by atoms with E-state index in [1.807, 2.05) is 0 Å². The number of amides is 2. The molecule has 44 heavy (non-hydrogen) atoms. The number of nitrogen functional groups attached to an aromatic ring is 1. The highest BCUT2D eigenvalue weighted by molar-refractivity contribution is 5.98. The third-order valence-electron chi connectivity index (χ3n) is 7.44. The number of aryl methyl sites for hydroxylation is 1. The van der Waals surface area contributed by atoms with Crippen molar-refractivity contribution in [2.24, 2.45) is 0 Å². The smallest absolute Gasteiger partial charge is 0.363 e. The molecule has 6 rings (SSSR count). The van der Waals surface area contributed by atoms with Gasteiger partial charge in [-0.25, -0.2) is 24.2 Å². The molecule has 0 saturated carbocycles. The van der Waals surface area contributed by atoms with Crippen LogP contribution in [0.15, 0.2) is 62.9 Å². The summed E-state index contributed by atoms with van der Waals surface area (Å²) >= 11 is 0. The summed E-state index contributed by atoms with van der Waals surface area (Å²) < 4.78 is 1.09. The molecule has 0 saturated heterocycles. The van der Waals surface area contributed by atoms with E-state index in [1.165, 1.54) is 12.1 Å². The van der Waals surface area contributed by atoms with Crippen molar-refractivity contribution in [3.63, 3.8) is 0 Å². The van der Waals surface area contributed by atoms with E-state index in [-0.39, 0.29) is 47.2 Å². The van der Waals surface area contributed by atoms with E-state index in [0.717, 1.165) is 26.8 Å². The molecule has 2 heterocycles. The van der Waals surface area contributed by atoms with Crippen LogP contribution in [0.1, 0.15) is 66.1 Å². The first-order valence-corrected chi connectivity index (χ1v) is 13.4. The van der Waals surface area contributed by atoms with Crippen molar-refractivity contribution < 1.29 is 19.5 Å². The molecule has 15 heteroatoms. The van der Waals surface area contributed by atoms with E-state index in [0.29, 0.717) is 12.8 Å². The molecule has 3 aromatic carbocycles. The Kier molecular flexibility index (Phi) is 6.97. The minimum atomic E-state index is -1.04. The zero-order valence-electron chi connectivity index (χ0n) is 22.8. The topological polar surface area (TPSA) is 231 Å². The number of carbonyl (C=O) groups excluding carboxylic acids is 2. The minimum Gasteiger partial charge on any atom is -0.478 e. The maximum atomic E-state index is 13.4. The molecule has 5 aromatic rings. The van der Waals surface area contributed by atoms with Gasteiger partial charge in [0, 0.05) is 19.2 Å². The van der Waals surface area contributed by atoms with Crippen LogP contribution in [0, 0.1) is 0 Å². The number of nitrogens with two attached hydrogens (primary N) is 1. The Labute approximate surface area is 246 Å². The van der Waals surface area contributed by atoms with Crippen LogP contribution in [0.2, 0.25) is 0 Å².